The third kappa shape index (κ3) is 4.34. The van der Waals surface area contributed by atoms with Gasteiger partial charge in [0, 0.05) is 22.4 Å². The van der Waals surface area contributed by atoms with Crippen molar-refractivity contribution in [2.24, 2.45) is 0 Å². The molecule has 2 aliphatic heterocycles. The van der Waals surface area contributed by atoms with Crippen molar-refractivity contribution in [2.45, 2.75) is 54.8 Å². The van der Waals surface area contributed by atoms with Gasteiger partial charge in [-0.2, -0.15) is 0 Å². The number of ether oxygens (including phenoxy) is 3. The van der Waals surface area contributed by atoms with E-state index in [0.717, 1.165) is 0 Å². The molecular weight excluding hydrogens is 428 g/mol. The summed E-state index contributed by atoms with van der Waals surface area (Å²) >= 11 is 0. The molecule has 1 unspecified atom stereocenters. The van der Waals surface area contributed by atoms with Crippen molar-refractivity contribution < 1.29 is 77.4 Å². The van der Waals surface area contributed by atoms with Gasteiger partial charge in [0.1, 0.15) is 42.7 Å². The Morgan fingerprint density at radius 1 is 1.08 bits per heavy atom. The summed E-state index contributed by atoms with van der Waals surface area (Å²) in [5.41, 5.74) is 0. The molecule has 1 radical (unpaired) electrons. The minimum Gasteiger partial charge on any atom is -0.391 e. The molecule has 2 saturated heterocycles. The van der Waals surface area contributed by atoms with Crippen LogP contribution in [-0.2, 0) is 36.6 Å². The Hall–Kier alpha value is 0.300. The smallest absolute Gasteiger partial charge is 0.219 e. The van der Waals surface area contributed by atoms with Gasteiger partial charge in [0.15, 0.2) is 6.29 Å². The normalized spacial score (nSPS) is 47.2. The SMILES string of the molecule is OC[C@]1(O)O[C@H](COC(O)[C@H]2OC[C@@H](O)[C@@H](O)[C@H]2O)[C@@H](O)[C@H]1O.[Ag]. The van der Waals surface area contributed by atoms with E-state index in [1.54, 1.807) is 0 Å². The van der Waals surface area contributed by atoms with Crippen LogP contribution < -0.4 is 0 Å². The van der Waals surface area contributed by atoms with Crippen molar-refractivity contribution in [3.05, 3.63) is 0 Å². The molecule has 0 bridgehead atoms. The third-order valence-corrected chi connectivity index (χ3v) is 4.00. The minimum atomic E-state index is -2.35. The van der Waals surface area contributed by atoms with E-state index in [4.69, 9.17) is 19.3 Å². The first-order chi connectivity index (χ1) is 10.7. The largest absolute Gasteiger partial charge is 0.391 e. The Morgan fingerprint density at radius 2 is 1.71 bits per heavy atom. The van der Waals surface area contributed by atoms with E-state index in [1.807, 2.05) is 0 Å². The summed E-state index contributed by atoms with van der Waals surface area (Å²) in [6.45, 7) is -1.79. The summed E-state index contributed by atoms with van der Waals surface area (Å²) in [5.74, 6) is -2.35. The summed E-state index contributed by atoms with van der Waals surface area (Å²) in [6.07, 6.45) is -12.1. The molecule has 2 aliphatic rings. The molecular formula is C12H22AgO11. The van der Waals surface area contributed by atoms with Gasteiger partial charge in [0.25, 0.3) is 0 Å². The summed E-state index contributed by atoms with van der Waals surface area (Å²) < 4.78 is 14.8. The zero-order valence-electron chi connectivity index (χ0n) is 12.3. The predicted molar refractivity (Wildman–Crippen MR) is 68.6 cm³/mol. The van der Waals surface area contributed by atoms with E-state index in [0.29, 0.717) is 0 Å². The van der Waals surface area contributed by atoms with Crippen LogP contribution in [0.25, 0.3) is 0 Å². The summed E-state index contributed by atoms with van der Waals surface area (Å²) in [5, 5.41) is 76.3. The quantitative estimate of drug-likeness (QED) is 0.147. The molecule has 9 atom stereocenters. The van der Waals surface area contributed by atoms with Crippen molar-refractivity contribution in [2.75, 3.05) is 19.8 Å². The molecule has 2 fully saturated rings. The van der Waals surface area contributed by atoms with Gasteiger partial charge in [0.2, 0.25) is 5.79 Å². The molecule has 11 nitrogen and oxygen atoms in total. The van der Waals surface area contributed by atoms with Gasteiger partial charge in [-0.3, -0.25) is 0 Å². The van der Waals surface area contributed by atoms with Crippen LogP contribution in [0.1, 0.15) is 0 Å². The second kappa shape index (κ2) is 8.79. The van der Waals surface area contributed by atoms with Crippen LogP contribution >= 0.6 is 0 Å². The molecule has 2 rings (SSSR count). The second-order valence-electron chi connectivity index (χ2n) is 5.67. The van der Waals surface area contributed by atoms with Crippen LogP contribution in [0, 0.1) is 0 Å². The van der Waals surface area contributed by atoms with Gasteiger partial charge in [-0.25, -0.2) is 0 Å². The van der Waals surface area contributed by atoms with Crippen molar-refractivity contribution in [1.82, 2.24) is 0 Å². The fraction of sp³-hybridized carbons (Fsp3) is 1.00. The van der Waals surface area contributed by atoms with E-state index in [1.165, 1.54) is 0 Å². The number of aliphatic hydroxyl groups excluding tert-OH is 7. The summed E-state index contributed by atoms with van der Waals surface area (Å²) in [6, 6.07) is 0. The van der Waals surface area contributed by atoms with Gasteiger partial charge in [0.05, 0.1) is 19.8 Å². The summed E-state index contributed by atoms with van der Waals surface area (Å²) in [4.78, 5) is 0. The maximum absolute atomic E-state index is 9.84. The van der Waals surface area contributed by atoms with Crippen LogP contribution in [0.4, 0.5) is 0 Å². The molecule has 0 aromatic heterocycles. The first-order valence-electron chi connectivity index (χ1n) is 7.04. The Morgan fingerprint density at radius 3 is 2.25 bits per heavy atom. The monoisotopic (exact) mass is 449 g/mol. The van der Waals surface area contributed by atoms with E-state index < -0.39 is 68.0 Å². The number of rotatable bonds is 5. The van der Waals surface area contributed by atoms with Crippen molar-refractivity contribution in [3.63, 3.8) is 0 Å². The van der Waals surface area contributed by atoms with Gasteiger partial charge < -0.3 is 55.1 Å². The maximum Gasteiger partial charge on any atom is 0.219 e. The topological polar surface area (TPSA) is 190 Å². The molecule has 0 spiro atoms. The second-order valence-corrected chi connectivity index (χ2v) is 5.67. The predicted octanol–water partition coefficient (Wildman–Crippen LogP) is -5.40. The zero-order valence-corrected chi connectivity index (χ0v) is 13.8. The molecule has 0 aromatic carbocycles. The molecule has 24 heavy (non-hydrogen) atoms. The standard InChI is InChI=1S/C12H22O11.Ag/c13-3-12(20)10(18)7(16)5(23-12)2-22-11(19)9-8(17)6(15)4(14)1-21-9;/h4-11,13-20H,1-3H2;/t4-,5-,6-,7-,8-,9+,10-,11?,12+;/m1./s1. The van der Waals surface area contributed by atoms with Crippen molar-refractivity contribution >= 4 is 0 Å². The van der Waals surface area contributed by atoms with Crippen LogP contribution in [-0.4, -0.2) is 115 Å². The minimum absolute atomic E-state index is 0. The molecule has 147 valence electrons. The van der Waals surface area contributed by atoms with Crippen LogP contribution in [0.2, 0.25) is 0 Å². The first kappa shape index (κ1) is 22.3. The van der Waals surface area contributed by atoms with Crippen LogP contribution in [0.5, 0.6) is 0 Å². The number of hydrogen-bond acceptors (Lipinski definition) is 11. The first-order valence-corrected chi connectivity index (χ1v) is 7.04. The Labute approximate surface area is 152 Å². The fourth-order valence-electron chi connectivity index (χ4n) is 2.50. The zero-order chi connectivity index (χ0) is 17.4. The van der Waals surface area contributed by atoms with E-state index in [9.17, 15) is 35.7 Å². The summed E-state index contributed by atoms with van der Waals surface area (Å²) in [7, 11) is 0. The Kier molecular flexibility index (Phi) is 8.19. The maximum atomic E-state index is 9.84. The molecule has 0 aliphatic carbocycles. The molecule has 12 heteroatoms. The van der Waals surface area contributed by atoms with Crippen LogP contribution in [0.3, 0.4) is 0 Å². The van der Waals surface area contributed by atoms with E-state index in [2.05, 4.69) is 0 Å². The Balaban J connectivity index is 0.00000288. The van der Waals surface area contributed by atoms with Gasteiger partial charge in [-0.15, -0.1) is 0 Å². The average molecular weight is 450 g/mol. The molecule has 0 saturated carbocycles. The van der Waals surface area contributed by atoms with Gasteiger partial charge in [-0.05, 0) is 0 Å². The van der Waals surface area contributed by atoms with Crippen molar-refractivity contribution in [1.29, 1.82) is 0 Å². The van der Waals surface area contributed by atoms with E-state index in [-0.39, 0.29) is 29.0 Å². The fourth-order valence-corrected chi connectivity index (χ4v) is 2.50. The number of aliphatic hydroxyl groups is 8. The third-order valence-electron chi connectivity index (χ3n) is 4.00. The molecule has 0 aromatic rings. The van der Waals surface area contributed by atoms with Crippen LogP contribution in [0.15, 0.2) is 0 Å². The Bertz CT molecular complexity index is 401. The molecule has 2 heterocycles. The average Bonchev–Trinajstić information content (AvgIpc) is 2.75. The van der Waals surface area contributed by atoms with E-state index >= 15 is 0 Å². The molecule has 0 amide bonds. The number of hydrogen-bond donors (Lipinski definition) is 8. The van der Waals surface area contributed by atoms with Gasteiger partial charge >= 0.3 is 0 Å². The van der Waals surface area contributed by atoms with Crippen molar-refractivity contribution in [3.8, 4) is 0 Å². The molecule has 8 N–H and O–H groups in total. The van der Waals surface area contributed by atoms with Gasteiger partial charge in [-0.1, -0.05) is 0 Å².